The van der Waals surface area contributed by atoms with Crippen LogP contribution in [-0.2, 0) is 16.0 Å². The maximum atomic E-state index is 12.8. The van der Waals surface area contributed by atoms with Crippen LogP contribution in [0, 0.1) is 11.8 Å². The Kier molecular flexibility index (Phi) is 9.97. The zero-order valence-electron chi connectivity index (χ0n) is 20.1. The van der Waals surface area contributed by atoms with E-state index in [0.29, 0.717) is 13.0 Å². The molecule has 0 saturated heterocycles. The van der Waals surface area contributed by atoms with E-state index in [0.717, 1.165) is 5.56 Å². The number of carbonyl (C=O) groups is 2. The first-order chi connectivity index (χ1) is 14.2. The van der Waals surface area contributed by atoms with Gasteiger partial charge in [-0.3, -0.25) is 4.79 Å². The molecule has 0 aliphatic heterocycles. The molecule has 1 aromatic rings. The Labute approximate surface area is 187 Å². The summed E-state index contributed by atoms with van der Waals surface area (Å²) in [7, 11) is 0. The number of rotatable bonds is 10. The summed E-state index contributed by atoms with van der Waals surface area (Å²) in [5, 5.41) is 16.7. The molecule has 0 aliphatic rings. The van der Waals surface area contributed by atoms with Crippen molar-refractivity contribution >= 4 is 12.0 Å². The van der Waals surface area contributed by atoms with Gasteiger partial charge in [-0.1, -0.05) is 44.2 Å². The summed E-state index contributed by atoms with van der Waals surface area (Å²) in [5.74, 6) is -0.561. The second-order valence-electron chi connectivity index (χ2n) is 10.3. The van der Waals surface area contributed by atoms with E-state index < -0.39 is 35.3 Å². The normalized spacial score (nSPS) is 15.2. The first-order valence-corrected chi connectivity index (χ1v) is 11.0. The van der Waals surface area contributed by atoms with Crippen molar-refractivity contribution in [2.75, 3.05) is 6.54 Å². The Morgan fingerprint density at radius 3 is 2.16 bits per heavy atom. The predicted molar refractivity (Wildman–Crippen MR) is 124 cm³/mol. The molecule has 0 heterocycles. The van der Waals surface area contributed by atoms with E-state index in [1.54, 1.807) is 20.8 Å². The molecule has 0 unspecified atom stereocenters. The highest BCUT2D eigenvalue weighted by Crippen LogP contribution is 2.21. The molecule has 0 fully saturated rings. The third-order valence-electron chi connectivity index (χ3n) is 4.82. The van der Waals surface area contributed by atoms with Crippen molar-refractivity contribution in [3.63, 3.8) is 0 Å². The van der Waals surface area contributed by atoms with Gasteiger partial charge in [0.05, 0.1) is 12.1 Å². The number of amides is 2. The van der Waals surface area contributed by atoms with Gasteiger partial charge < -0.3 is 26.2 Å². The standard InChI is InChI=1S/C24H41N3O4/c1-16(2)18(21(29)26-15-24(6,7)25)14-20(28)19(13-17-11-9-8-10-12-17)27-22(30)31-23(3,4)5/h8-12,16,18-20,28H,13-15,25H2,1-7H3,(H,26,29)(H,27,30)/t18-,19-,20-/m0/s1. The van der Waals surface area contributed by atoms with Crippen LogP contribution in [-0.4, -0.2) is 46.9 Å². The lowest BCUT2D eigenvalue weighted by atomic mass is 9.86. The van der Waals surface area contributed by atoms with Crippen LogP contribution >= 0.6 is 0 Å². The number of aliphatic hydroxyl groups is 1. The van der Waals surface area contributed by atoms with Crippen molar-refractivity contribution in [3.8, 4) is 0 Å². The van der Waals surface area contributed by atoms with Crippen molar-refractivity contribution in [1.29, 1.82) is 0 Å². The first-order valence-electron chi connectivity index (χ1n) is 11.0. The van der Waals surface area contributed by atoms with E-state index >= 15 is 0 Å². The quantitative estimate of drug-likeness (QED) is 0.451. The van der Waals surface area contributed by atoms with Gasteiger partial charge in [-0.05, 0) is 58.9 Å². The van der Waals surface area contributed by atoms with E-state index in [1.165, 1.54) is 0 Å². The van der Waals surface area contributed by atoms with Crippen LogP contribution in [0.5, 0.6) is 0 Å². The van der Waals surface area contributed by atoms with E-state index in [2.05, 4.69) is 10.6 Å². The molecular formula is C24H41N3O4. The molecule has 3 atom stereocenters. The highest BCUT2D eigenvalue weighted by Gasteiger charge is 2.31. The lowest BCUT2D eigenvalue weighted by molar-refractivity contribution is -0.127. The van der Waals surface area contributed by atoms with Crippen LogP contribution < -0.4 is 16.4 Å². The van der Waals surface area contributed by atoms with Gasteiger partial charge in [0.1, 0.15) is 5.60 Å². The summed E-state index contributed by atoms with van der Waals surface area (Å²) >= 11 is 0. The van der Waals surface area contributed by atoms with Crippen LogP contribution in [0.3, 0.4) is 0 Å². The van der Waals surface area contributed by atoms with Crippen molar-refractivity contribution in [1.82, 2.24) is 10.6 Å². The number of carbonyl (C=O) groups excluding carboxylic acids is 2. The topological polar surface area (TPSA) is 114 Å². The average Bonchev–Trinajstić information content (AvgIpc) is 2.62. The van der Waals surface area contributed by atoms with E-state index in [1.807, 2.05) is 58.0 Å². The summed E-state index contributed by atoms with van der Waals surface area (Å²) < 4.78 is 5.38. The minimum Gasteiger partial charge on any atom is -0.444 e. The Morgan fingerprint density at radius 1 is 1.10 bits per heavy atom. The van der Waals surface area contributed by atoms with Crippen LogP contribution in [0.4, 0.5) is 4.79 Å². The predicted octanol–water partition coefficient (Wildman–Crippen LogP) is 3.00. The molecule has 0 radical (unpaired) electrons. The monoisotopic (exact) mass is 435 g/mol. The van der Waals surface area contributed by atoms with Crippen LogP contribution in [0.25, 0.3) is 0 Å². The van der Waals surface area contributed by atoms with Crippen molar-refractivity contribution in [3.05, 3.63) is 35.9 Å². The lowest BCUT2D eigenvalue weighted by Gasteiger charge is -2.30. The Morgan fingerprint density at radius 2 is 1.68 bits per heavy atom. The molecule has 1 rings (SSSR count). The number of hydrogen-bond donors (Lipinski definition) is 4. The number of hydrogen-bond acceptors (Lipinski definition) is 5. The first kappa shape index (κ1) is 26.9. The van der Waals surface area contributed by atoms with E-state index in [-0.39, 0.29) is 18.2 Å². The molecule has 0 saturated carbocycles. The van der Waals surface area contributed by atoms with E-state index in [4.69, 9.17) is 10.5 Å². The minimum atomic E-state index is -0.934. The number of nitrogens with one attached hydrogen (secondary N) is 2. The SMILES string of the molecule is CC(C)[C@H](C[C@H](O)[C@H](Cc1ccccc1)NC(=O)OC(C)(C)C)C(=O)NCC(C)(C)N. The lowest BCUT2D eigenvalue weighted by Crippen LogP contribution is -2.50. The highest BCUT2D eigenvalue weighted by atomic mass is 16.6. The number of benzene rings is 1. The highest BCUT2D eigenvalue weighted by molar-refractivity contribution is 5.79. The second kappa shape index (κ2) is 11.5. The van der Waals surface area contributed by atoms with Gasteiger partial charge in [-0.2, -0.15) is 0 Å². The van der Waals surface area contributed by atoms with Gasteiger partial charge >= 0.3 is 6.09 Å². The fourth-order valence-corrected chi connectivity index (χ4v) is 3.16. The van der Waals surface area contributed by atoms with E-state index in [9.17, 15) is 14.7 Å². The molecule has 31 heavy (non-hydrogen) atoms. The largest absolute Gasteiger partial charge is 0.444 e. The number of ether oxygens (including phenoxy) is 1. The molecule has 5 N–H and O–H groups in total. The summed E-state index contributed by atoms with van der Waals surface area (Å²) in [6, 6.07) is 9.00. The van der Waals surface area contributed by atoms with Crippen molar-refractivity contribution in [2.45, 2.75) is 84.6 Å². The number of alkyl carbamates (subject to hydrolysis) is 1. The Bertz CT molecular complexity index is 693. The molecular weight excluding hydrogens is 394 g/mol. The van der Waals surface area contributed by atoms with Crippen LogP contribution in [0.2, 0.25) is 0 Å². The van der Waals surface area contributed by atoms with Crippen LogP contribution in [0.15, 0.2) is 30.3 Å². The minimum absolute atomic E-state index is 0.00874. The number of nitrogens with two attached hydrogens (primary N) is 1. The third-order valence-corrected chi connectivity index (χ3v) is 4.82. The Balaban J connectivity index is 2.95. The zero-order chi connectivity index (χ0) is 23.8. The average molecular weight is 436 g/mol. The van der Waals surface area contributed by atoms with Gasteiger partial charge in [-0.15, -0.1) is 0 Å². The molecule has 1 aromatic carbocycles. The maximum absolute atomic E-state index is 12.8. The maximum Gasteiger partial charge on any atom is 0.407 e. The van der Waals surface area contributed by atoms with Crippen LogP contribution in [0.1, 0.15) is 60.5 Å². The zero-order valence-corrected chi connectivity index (χ0v) is 20.1. The molecule has 7 nitrogen and oxygen atoms in total. The van der Waals surface area contributed by atoms with Gasteiger partial charge in [0.15, 0.2) is 0 Å². The van der Waals surface area contributed by atoms with Gasteiger partial charge in [-0.25, -0.2) is 4.79 Å². The summed E-state index contributed by atoms with van der Waals surface area (Å²) in [5.41, 5.74) is 5.77. The third kappa shape index (κ3) is 11.2. The smallest absolute Gasteiger partial charge is 0.407 e. The molecule has 0 aromatic heterocycles. The van der Waals surface area contributed by atoms with Gasteiger partial charge in [0.2, 0.25) is 5.91 Å². The van der Waals surface area contributed by atoms with Crippen molar-refractivity contribution < 1.29 is 19.4 Å². The molecule has 2 amide bonds. The fraction of sp³-hybridized carbons (Fsp3) is 0.667. The Hall–Kier alpha value is -2.12. The molecule has 0 aliphatic carbocycles. The van der Waals surface area contributed by atoms with Gasteiger partial charge in [0, 0.05) is 18.0 Å². The van der Waals surface area contributed by atoms with Gasteiger partial charge in [0.25, 0.3) is 0 Å². The number of aliphatic hydroxyl groups excluding tert-OH is 1. The second-order valence-corrected chi connectivity index (χ2v) is 10.3. The molecule has 0 bridgehead atoms. The molecule has 0 spiro atoms. The molecule has 7 heteroatoms. The summed E-state index contributed by atoms with van der Waals surface area (Å²) in [6.45, 7) is 13.3. The summed E-state index contributed by atoms with van der Waals surface area (Å²) in [4.78, 5) is 25.2. The summed E-state index contributed by atoms with van der Waals surface area (Å²) in [6.07, 6.45) is -0.898. The molecule has 176 valence electrons. The van der Waals surface area contributed by atoms with Crippen molar-refractivity contribution in [2.24, 2.45) is 17.6 Å². The fourth-order valence-electron chi connectivity index (χ4n) is 3.16.